The Balaban J connectivity index is 2.36. The van der Waals surface area contributed by atoms with Crippen LogP contribution < -0.4 is 0 Å². The zero-order valence-electron chi connectivity index (χ0n) is 8.16. The minimum absolute atomic E-state index is 0.493. The number of hydrogen-bond acceptors (Lipinski definition) is 0. The fraction of sp³-hybridized carbons (Fsp3) is 0.333. The van der Waals surface area contributed by atoms with Gasteiger partial charge in [-0.25, -0.2) is 0 Å². The Morgan fingerprint density at radius 3 is 2.58 bits per heavy atom. The van der Waals surface area contributed by atoms with E-state index in [0.717, 1.165) is 5.56 Å². The number of rotatable bonds is 3. The monoisotopic (exact) mass is 159 g/mol. The van der Waals surface area contributed by atoms with Gasteiger partial charge in [-0.05, 0) is 24.3 Å². The van der Waals surface area contributed by atoms with Crippen molar-refractivity contribution in [2.45, 2.75) is 18.7 Å². The van der Waals surface area contributed by atoms with Crippen molar-refractivity contribution in [1.29, 1.82) is 0 Å². The quantitative estimate of drug-likeness (QED) is 0.593. The van der Waals surface area contributed by atoms with E-state index in [-0.39, 0.29) is 0 Å². The number of hydrogen-bond donors (Lipinski definition) is 0. The zero-order valence-corrected chi connectivity index (χ0v) is 7.16. The molecule has 1 fully saturated rings. The van der Waals surface area contributed by atoms with Crippen LogP contribution in [0.5, 0.6) is 0 Å². The van der Waals surface area contributed by atoms with E-state index < -0.39 is 5.89 Å². The fourth-order valence-corrected chi connectivity index (χ4v) is 1.55. The summed E-state index contributed by atoms with van der Waals surface area (Å²) in [6.45, 7) is 3.78. The van der Waals surface area contributed by atoms with Crippen molar-refractivity contribution >= 4 is 0 Å². The summed E-state index contributed by atoms with van der Waals surface area (Å²) >= 11 is 0. The third-order valence-electron chi connectivity index (χ3n) is 2.34. The van der Waals surface area contributed by atoms with Crippen molar-refractivity contribution in [2.24, 2.45) is 5.92 Å². The molecule has 0 heterocycles. The van der Waals surface area contributed by atoms with Gasteiger partial charge in [0, 0.05) is 7.26 Å². The fourth-order valence-electron chi connectivity index (χ4n) is 1.55. The predicted octanol–water partition coefficient (Wildman–Crippen LogP) is 3.37. The highest BCUT2D eigenvalue weighted by Crippen LogP contribution is 2.42. The van der Waals surface area contributed by atoms with Crippen molar-refractivity contribution in [3.05, 3.63) is 48.6 Å². The van der Waals surface area contributed by atoms with Gasteiger partial charge >= 0.3 is 0 Å². The molecule has 0 aromatic heterocycles. The van der Waals surface area contributed by atoms with Gasteiger partial charge in [-0.1, -0.05) is 36.4 Å². The van der Waals surface area contributed by atoms with E-state index in [9.17, 15) is 0 Å². The van der Waals surface area contributed by atoms with Gasteiger partial charge in [0.1, 0.15) is 0 Å². The molecule has 0 nitrogen and oxygen atoms in total. The minimum atomic E-state index is -0.540. The van der Waals surface area contributed by atoms with E-state index in [1.807, 2.05) is 30.3 Å². The van der Waals surface area contributed by atoms with Gasteiger partial charge < -0.3 is 0 Å². The van der Waals surface area contributed by atoms with Crippen LogP contribution in [0.2, 0.25) is 0 Å². The summed E-state index contributed by atoms with van der Waals surface area (Å²) in [4.78, 5) is 0. The highest BCUT2D eigenvalue weighted by atomic mass is 14.3. The Hall–Kier alpha value is -1.04. The standard InChI is InChI=1S/C12H14/c1-2-12(11-8-9-11)10-6-4-3-5-7-10/h2-7,11-12H,1,8-9H2/i12D. The predicted molar refractivity (Wildman–Crippen MR) is 52.1 cm³/mol. The highest BCUT2D eigenvalue weighted by Gasteiger charge is 2.29. The van der Waals surface area contributed by atoms with Crippen molar-refractivity contribution < 1.29 is 1.37 Å². The molecule has 0 spiro atoms. The van der Waals surface area contributed by atoms with Crippen LogP contribution in [-0.4, -0.2) is 0 Å². The molecule has 1 aliphatic rings. The minimum Gasteiger partial charge on any atom is -0.102 e. The molecule has 62 valence electrons. The summed E-state index contributed by atoms with van der Waals surface area (Å²) in [5.74, 6) is -0.0475. The summed E-state index contributed by atoms with van der Waals surface area (Å²) in [6.07, 6.45) is 4.12. The van der Waals surface area contributed by atoms with Crippen LogP contribution in [0.1, 0.15) is 25.7 Å². The van der Waals surface area contributed by atoms with Crippen LogP contribution in [-0.2, 0) is 0 Å². The normalized spacial score (nSPS) is 22.5. The maximum absolute atomic E-state index is 8.31. The number of allylic oxidation sites excluding steroid dienone is 1. The van der Waals surface area contributed by atoms with E-state index in [0.29, 0.717) is 5.92 Å². The SMILES string of the molecule is [2H]C(C=C)(c1ccccc1)C1CC1. The molecule has 0 saturated heterocycles. The van der Waals surface area contributed by atoms with E-state index in [4.69, 9.17) is 1.37 Å². The summed E-state index contributed by atoms with van der Waals surface area (Å²) in [5.41, 5.74) is 1.08. The lowest BCUT2D eigenvalue weighted by atomic mass is 9.95. The molecule has 0 amide bonds. The molecule has 1 aliphatic carbocycles. The van der Waals surface area contributed by atoms with Crippen LogP contribution in [0.25, 0.3) is 0 Å². The van der Waals surface area contributed by atoms with Gasteiger partial charge in [-0.15, -0.1) is 6.58 Å². The maximum atomic E-state index is 8.31. The van der Waals surface area contributed by atoms with E-state index in [1.165, 1.54) is 12.8 Å². The Labute approximate surface area is 75.3 Å². The van der Waals surface area contributed by atoms with Crippen molar-refractivity contribution in [1.82, 2.24) is 0 Å². The first kappa shape index (κ1) is 6.47. The molecule has 1 atom stereocenters. The molecule has 0 bridgehead atoms. The smallest absolute Gasteiger partial charge is 0.0399 e. The Morgan fingerprint density at radius 1 is 1.42 bits per heavy atom. The first-order chi connectivity index (χ1) is 6.27. The Kier molecular flexibility index (Phi) is 1.69. The molecule has 1 aromatic carbocycles. The lowest BCUT2D eigenvalue weighted by Gasteiger charge is -2.10. The number of benzene rings is 1. The molecule has 2 rings (SSSR count). The topological polar surface area (TPSA) is 0 Å². The van der Waals surface area contributed by atoms with Gasteiger partial charge in [-0.3, -0.25) is 0 Å². The largest absolute Gasteiger partial charge is 0.102 e. The average molecular weight is 159 g/mol. The molecule has 1 unspecified atom stereocenters. The molecular formula is C12H14. The molecule has 0 heteroatoms. The second-order valence-corrected chi connectivity index (χ2v) is 3.30. The summed E-state index contributed by atoms with van der Waals surface area (Å²) in [7, 11) is 0. The maximum Gasteiger partial charge on any atom is 0.0399 e. The Bertz CT molecular complexity index is 300. The van der Waals surface area contributed by atoms with E-state index in [2.05, 4.69) is 6.58 Å². The van der Waals surface area contributed by atoms with E-state index in [1.54, 1.807) is 6.08 Å². The van der Waals surface area contributed by atoms with Crippen LogP contribution in [0.15, 0.2) is 43.0 Å². The van der Waals surface area contributed by atoms with Crippen LogP contribution >= 0.6 is 0 Å². The molecule has 0 N–H and O–H groups in total. The van der Waals surface area contributed by atoms with Gasteiger partial charge in [0.25, 0.3) is 0 Å². The van der Waals surface area contributed by atoms with Gasteiger partial charge in [-0.2, -0.15) is 0 Å². The molecule has 1 aromatic rings. The van der Waals surface area contributed by atoms with Gasteiger partial charge in [0.15, 0.2) is 0 Å². The van der Waals surface area contributed by atoms with E-state index >= 15 is 0 Å². The highest BCUT2D eigenvalue weighted by molar-refractivity contribution is 5.25. The average Bonchev–Trinajstić information content (AvgIpc) is 3.02. The summed E-state index contributed by atoms with van der Waals surface area (Å²) < 4.78 is 8.31. The third-order valence-corrected chi connectivity index (χ3v) is 2.34. The first-order valence-corrected chi connectivity index (χ1v) is 4.46. The van der Waals surface area contributed by atoms with Crippen LogP contribution in [0, 0.1) is 5.92 Å². The zero-order chi connectivity index (χ0) is 9.31. The molecular weight excluding hydrogens is 144 g/mol. The van der Waals surface area contributed by atoms with Crippen LogP contribution in [0.4, 0.5) is 0 Å². The third kappa shape index (κ3) is 1.42. The van der Waals surface area contributed by atoms with Crippen molar-refractivity contribution in [3.63, 3.8) is 0 Å². The van der Waals surface area contributed by atoms with Crippen LogP contribution in [0.3, 0.4) is 0 Å². The van der Waals surface area contributed by atoms with Gasteiger partial charge in [0.05, 0.1) is 0 Å². The molecule has 12 heavy (non-hydrogen) atoms. The molecule has 0 radical (unpaired) electrons. The Morgan fingerprint density at radius 2 is 2.08 bits per heavy atom. The summed E-state index contributed by atoms with van der Waals surface area (Å²) in [5, 5.41) is 0. The second kappa shape index (κ2) is 3.14. The second-order valence-electron chi connectivity index (χ2n) is 3.30. The van der Waals surface area contributed by atoms with Crippen molar-refractivity contribution in [2.75, 3.05) is 0 Å². The molecule has 0 aliphatic heterocycles. The molecule has 1 saturated carbocycles. The first-order valence-electron chi connectivity index (χ1n) is 4.96. The lowest BCUT2D eigenvalue weighted by molar-refractivity contribution is 0.729. The lowest BCUT2D eigenvalue weighted by Crippen LogP contribution is -1.95. The summed E-state index contributed by atoms with van der Waals surface area (Å²) in [6, 6.07) is 10.0. The van der Waals surface area contributed by atoms with Gasteiger partial charge in [0.2, 0.25) is 0 Å². The van der Waals surface area contributed by atoms with Crippen molar-refractivity contribution in [3.8, 4) is 0 Å².